The minimum Gasteiger partial charge on any atom is -0.392 e. The quantitative estimate of drug-likeness (QED) is 0.922. The number of fused-ring (bicyclic) bond motifs is 1. The Labute approximate surface area is 121 Å². The van der Waals surface area contributed by atoms with Crippen LogP contribution in [0.5, 0.6) is 0 Å². The molecule has 1 aliphatic carbocycles. The standard InChI is InChI=1S/C16H12N2O3/c19-8-11-3-1-10(2-4-11)5-12-6-14(20)15-13(16(12)21)7-17-9-18-15/h1-4,6-7,9,19H,5,8H2. The molecular weight excluding hydrogens is 268 g/mol. The van der Waals surface area contributed by atoms with Gasteiger partial charge in [-0.2, -0.15) is 0 Å². The number of hydrogen-bond acceptors (Lipinski definition) is 5. The summed E-state index contributed by atoms with van der Waals surface area (Å²) < 4.78 is 0. The van der Waals surface area contributed by atoms with Gasteiger partial charge in [-0.15, -0.1) is 0 Å². The summed E-state index contributed by atoms with van der Waals surface area (Å²) in [5, 5.41) is 9.01. The summed E-state index contributed by atoms with van der Waals surface area (Å²) in [5.74, 6) is -0.481. The number of allylic oxidation sites excluding steroid dienone is 2. The molecular formula is C16H12N2O3. The van der Waals surface area contributed by atoms with Crippen molar-refractivity contribution in [2.24, 2.45) is 0 Å². The molecule has 21 heavy (non-hydrogen) atoms. The lowest BCUT2D eigenvalue weighted by atomic mass is 9.90. The SMILES string of the molecule is O=C1C(Cc2ccc(CO)cc2)=CC(=O)c2ncncc21. The number of benzene rings is 1. The summed E-state index contributed by atoms with van der Waals surface area (Å²) in [4.78, 5) is 32.0. The first kappa shape index (κ1) is 13.3. The first-order chi connectivity index (χ1) is 10.2. The van der Waals surface area contributed by atoms with Crippen LogP contribution < -0.4 is 0 Å². The van der Waals surface area contributed by atoms with Gasteiger partial charge in [0.1, 0.15) is 12.0 Å². The zero-order chi connectivity index (χ0) is 14.8. The van der Waals surface area contributed by atoms with E-state index in [2.05, 4.69) is 9.97 Å². The predicted molar refractivity (Wildman–Crippen MR) is 74.8 cm³/mol. The minimum atomic E-state index is -0.269. The van der Waals surface area contributed by atoms with Crippen molar-refractivity contribution in [2.45, 2.75) is 13.0 Å². The van der Waals surface area contributed by atoms with E-state index in [-0.39, 0.29) is 29.4 Å². The molecule has 0 fully saturated rings. The molecule has 0 aliphatic heterocycles. The fourth-order valence-electron chi connectivity index (χ4n) is 2.27. The lowest BCUT2D eigenvalue weighted by Crippen LogP contribution is -2.20. The van der Waals surface area contributed by atoms with Crippen LogP contribution in [-0.2, 0) is 13.0 Å². The zero-order valence-electron chi connectivity index (χ0n) is 11.1. The highest BCUT2D eigenvalue weighted by Crippen LogP contribution is 2.21. The van der Waals surface area contributed by atoms with Crippen molar-refractivity contribution in [2.75, 3.05) is 0 Å². The molecule has 1 N–H and O–H groups in total. The minimum absolute atomic E-state index is 0.0227. The van der Waals surface area contributed by atoms with Gasteiger partial charge in [0.2, 0.25) is 5.78 Å². The van der Waals surface area contributed by atoms with E-state index in [0.29, 0.717) is 12.0 Å². The van der Waals surface area contributed by atoms with Crippen LogP contribution in [0.25, 0.3) is 0 Å². The van der Waals surface area contributed by atoms with Crippen LogP contribution >= 0.6 is 0 Å². The number of Topliss-reactive ketones (excluding diaryl/α,β-unsaturated/α-hetero) is 1. The number of hydrogen-bond donors (Lipinski definition) is 1. The number of aromatic nitrogens is 2. The molecule has 3 rings (SSSR count). The molecule has 2 aromatic rings. The first-order valence-electron chi connectivity index (χ1n) is 6.47. The molecule has 104 valence electrons. The van der Waals surface area contributed by atoms with Gasteiger partial charge in [0.05, 0.1) is 12.2 Å². The van der Waals surface area contributed by atoms with Crippen molar-refractivity contribution < 1.29 is 14.7 Å². The largest absolute Gasteiger partial charge is 0.392 e. The third-order valence-electron chi connectivity index (χ3n) is 3.39. The Morgan fingerprint density at radius 2 is 1.76 bits per heavy atom. The summed E-state index contributed by atoms with van der Waals surface area (Å²) >= 11 is 0. The molecule has 1 heterocycles. The van der Waals surface area contributed by atoms with Gasteiger partial charge in [0.25, 0.3) is 0 Å². The molecule has 5 heteroatoms. The topological polar surface area (TPSA) is 80.1 Å². The highest BCUT2D eigenvalue weighted by Gasteiger charge is 2.26. The van der Waals surface area contributed by atoms with Crippen LogP contribution in [0.3, 0.4) is 0 Å². The predicted octanol–water partition coefficient (Wildman–Crippen LogP) is 1.52. The van der Waals surface area contributed by atoms with E-state index in [1.165, 1.54) is 18.6 Å². The fourth-order valence-corrected chi connectivity index (χ4v) is 2.27. The second-order valence-electron chi connectivity index (χ2n) is 4.80. The maximum atomic E-state index is 12.3. The second-order valence-corrected chi connectivity index (χ2v) is 4.80. The van der Waals surface area contributed by atoms with E-state index in [4.69, 9.17) is 5.11 Å². The van der Waals surface area contributed by atoms with Crippen LogP contribution in [0.4, 0.5) is 0 Å². The molecule has 0 radical (unpaired) electrons. The maximum absolute atomic E-state index is 12.3. The fraction of sp³-hybridized carbons (Fsp3) is 0.125. The Morgan fingerprint density at radius 1 is 1.05 bits per heavy atom. The lowest BCUT2D eigenvalue weighted by Gasteiger charge is -2.13. The van der Waals surface area contributed by atoms with Crippen molar-refractivity contribution in [3.63, 3.8) is 0 Å². The average molecular weight is 280 g/mol. The monoisotopic (exact) mass is 280 g/mol. The zero-order valence-corrected chi connectivity index (χ0v) is 11.1. The molecule has 0 atom stereocenters. The van der Waals surface area contributed by atoms with Gasteiger partial charge in [0.15, 0.2) is 5.78 Å². The molecule has 0 bridgehead atoms. The van der Waals surface area contributed by atoms with Crippen LogP contribution in [0.15, 0.2) is 48.4 Å². The van der Waals surface area contributed by atoms with Crippen molar-refractivity contribution in [3.05, 3.63) is 70.8 Å². The van der Waals surface area contributed by atoms with E-state index in [9.17, 15) is 9.59 Å². The highest BCUT2D eigenvalue weighted by molar-refractivity contribution is 6.23. The Balaban J connectivity index is 1.89. The van der Waals surface area contributed by atoms with Crippen molar-refractivity contribution >= 4 is 11.6 Å². The molecule has 1 aromatic heterocycles. The maximum Gasteiger partial charge on any atom is 0.205 e. The molecule has 0 saturated heterocycles. The molecule has 0 spiro atoms. The summed E-state index contributed by atoms with van der Waals surface area (Å²) in [7, 11) is 0. The van der Waals surface area contributed by atoms with E-state index in [1.54, 1.807) is 12.1 Å². The average Bonchev–Trinajstić information content (AvgIpc) is 2.53. The van der Waals surface area contributed by atoms with Crippen LogP contribution in [0.2, 0.25) is 0 Å². The third kappa shape index (κ3) is 2.51. The third-order valence-corrected chi connectivity index (χ3v) is 3.39. The molecule has 0 saturated carbocycles. The van der Waals surface area contributed by atoms with Crippen molar-refractivity contribution in [1.82, 2.24) is 9.97 Å². The van der Waals surface area contributed by atoms with Crippen LogP contribution in [0, 0.1) is 0 Å². The number of carbonyl (C=O) groups excluding carboxylic acids is 2. The number of nitrogens with zero attached hydrogens (tertiary/aromatic N) is 2. The van der Waals surface area contributed by atoms with Gasteiger partial charge in [-0.25, -0.2) is 9.97 Å². The van der Waals surface area contributed by atoms with Crippen LogP contribution in [-0.4, -0.2) is 26.6 Å². The Hall–Kier alpha value is -2.66. The van der Waals surface area contributed by atoms with Gasteiger partial charge in [0, 0.05) is 18.2 Å². The Kier molecular flexibility index (Phi) is 3.41. The van der Waals surface area contributed by atoms with Gasteiger partial charge >= 0.3 is 0 Å². The van der Waals surface area contributed by atoms with E-state index in [0.717, 1.165) is 11.1 Å². The van der Waals surface area contributed by atoms with E-state index < -0.39 is 0 Å². The Bertz CT molecular complexity index is 748. The normalized spacial score (nSPS) is 13.9. The van der Waals surface area contributed by atoms with Gasteiger partial charge in [-0.05, 0) is 17.2 Å². The summed E-state index contributed by atoms with van der Waals surface area (Å²) in [5.41, 5.74) is 2.55. The summed E-state index contributed by atoms with van der Waals surface area (Å²) in [6.45, 7) is -0.0227. The number of ketones is 2. The van der Waals surface area contributed by atoms with E-state index in [1.807, 2.05) is 12.1 Å². The lowest BCUT2D eigenvalue weighted by molar-refractivity contribution is 0.0978. The molecule has 0 unspecified atom stereocenters. The number of carbonyl (C=O) groups is 2. The number of aliphatic hydroxyl groups excluding tert-OH is 1. The first-order valence-corrected chi connectivity index (χ1v) is 6.47. The summed E-state index contributed by atoms with van der Waals surface area (Å²) in [6.07, 6.45) is 4.35. The number of aliphatic hydroxyl groups is 1. The molecule has 1 aromatic carbocycles. The van der Waals surface area contributed by atoms with Gasteiger partial charge < -0.3 is 5.11 Å². The van der Waals surface area contributed by atoms with Gasteiger partial charge in [-0.3, -0.25) is 9.59 Å². The number of rotatable bonds is 3. The Morgan fingerprint density at radius 3 is 2.48 bits per heavy atom. The summed E-state index contributed by atoms with van der Waals surface area (Å²) in [6, 6.07) is 7.26. The van der Waals surface area contributed by atoms with E-state index >= 15 is 0 Å². The molecule has 1 aliphatic rings. The van der Waals surface area contributed by atoms with Crippen molar-refractivity contribution in [1.29, 1.82) is 0 Å². The van der Waals surface area contributed by atoms with Crippen molar-refractivity contribution in [3.8, 4) is 0 Å². The molecule has 0 amide bonds. The molecule has 5 nitrogen and oxygen atoms in total. The smallest absolute Gasteiger partial charge is 0.205 e. The second kappa shape index (κ2) is 5.38. The van der Waals surface area contributed by atoms with Gasteiger partial charge in [-0.1, -0.05) is 24.3 Å². The highest BCUT2D eigenvalue weighted by atomic mass is 16.3. The van der Waals surface area contributed by atoms with Crippen LogP contribution in [0.1, 0.15) is 32.0 Å².